The molecule has 2 fully saturated rings. The van der Waals surface area contributed by atoms with E-state index < -0.39 is 0 Å². The zero-order valence-corrected chi connectivity index (χ0v) is 19.6. The van der Waals surface area contributed by atoms with Gasteiger partial charge in [0.15, 0.2) is 0 Å². The van der Waals surface area contributed by atoms with Crippen molar-refractivity contribution in [1.82, 2.24) is 0 Å². The van der Waals surface area contributed by atoms with E-state index in [2.05, 4.69) is 34.6 Å². The summed E-state index contributed by atoms with van der Waals surface area (Å²) in [5, 5.41) is 0.294. The van der Waals surface area contributed by atoms with Gasteiger partial charge in [-0.3, -0.25) is 4.79 Å². The summed E-state index contributed by atoms with van der Waals surface area (Å²) in [4.78, 5) is 24.8. The molecule has 2 aliphatic rings. The molecule has 2 saturated carbocycles. The third-order valence-electron chi connectivity index (χ3n) is 6.28. The fraction of sp³-hybridized carbons (Fsp3) is 0.864. The number of fused-ring (bicyclic) bond motifs is 1. The van der Waals surface area contributed by atoms with Crippen LogP contribution in [0.1, 0.15) is 80.6 Å². The van der Waals surface area contributed by atoms with Crippen molar-refractivity contribution in [2.24, 2.45) is 28.1 Å². The van der Waals surface area contributed by atoms with Crippen molar-refractivity contribution in [3.05, 3.63) is 0 Å². The molecule has 2 unspecified atom stereocenters. The Balaban J connectivity index is 2.32. The lowest BCUT2D eigenvalue weighted by molar-refractivity contribution is -0.124. The van der Waals surface area contributed by atoms with Gasteiger partial charge in [0.05, 0.1) is 6.61 Å². The molecule has 0 radical (unpaired) electrons. The van der Waals surface area contributed by atoms with E-state index in [0.717, 1.165) is 19.3 Å². The number of ketones is 2. The molecule has 0 aromatic rings. The highest BCUT2D eigenvalue weighted by atomic mass is 32.2. The van der Waals surface area contributed by atoms with Crippen LogP contribution in [-0.4, -0.2) is 27.8 Å². The van der Waals surface area contributed by atoms with Crippen LogP contribution in [0, 0.1) is 28.1 Å². The highest BCUT2D eigenvalue weighted by Crippen LogP contribution is 2.62. The van der Waals surface area contributed by atoms with Gasteiger partial charge in [-0.1, -0.05) is 46.4 Å². The first-order chi connectivity index (χ1) is 12.3. The molecule has 2 rings (SSSR count). The largest absolute Gasteiger partial charge is 0.479 e. The topological polar surface area (TPSA) is 43.4 Å². The number of Topliss-reactive ketones (excluding diaryl/α,β-unsaturated/α-hetero) is 2. The molecule has 27 heavy (non-hydrogen) atoms. The van der Waals surface area contributed by atoms with Crippen LogP contribution < -0.4 is 0 Å². The molecule has 154 valence electrons. The molecule has 5 heteroatoms. The molecular formula is C22H36O3S2. The van der Waals surface area contributed by atoms with Gasteiger partial charge in [0.25, 0.3) is 0 Å². The van der Waals surface area contributed by atoms with Crippen molar-refractivity contribution in [2.45, 2.75) is 85.8 Å². The summed E-state index contributed by atoms with van der Waals surface area (Å²) in [5.74, 6) is 0.890. The molecule has 3 nitrogen and oxygen atoms in total. The van der Waals surface area contributed by atoms with Crippen LogP contribution in [0.4, 0.5) is 0 Å². The van der Waals surface area contributed by atoms with E-state index in [1.165, 1.54) is 0 Å². The summed E-state index contributed by atoms with van der Waals surface area (Å²) < 4.78 is 6.18. The Labute approximate surface area is 174 Å². The lowest BCUT2D eigenvalue weighted by Gasteiger charge is -2.50. The van der Waals surface area contributed by atoms with Crippen LogP contribution in [-0.2, 0) is 14.3 Å². The first kappa shape index (κ1) is 22.9. The second kappa shape index (κ2) is 8.14. The minimum Gasteiger partial charge on any atom is -0.479 e. The number of thiocarbonyl (C=S) groups is 1. The van der Waals surface area contributed by atoms with Crippen molar-refractivity contribution < 1.29 is 14.3 Å². The number of hydrogen-bond donors (Lipinski definition) is 0. The Morgan fingerprint density at radius 1 is 1.33 bits per heavy atom. The molecule has 0 aromatic carbocycles. The standard InChI is InChI=1S/C22H36O3S2/c1-8-25-19(26)27-17-12-21(5,6)13-22(7)11-16(24)15(18(17)22)10-20(3,4)9-14(2)23/h15,17-18H,8-13H2,1-7H3/t15?,17?,18-,22+/m1/s1. The fourth-order valence-electron chi connectivity index (χ4n) is 6.03. The van der Waals surface area contributed by atoms with Gasteiger partial charge in [0.1, 0.15) is 11.6 Å². The van der Waals surface area contributed by atoms with Crippen LogP contribution >= 0.6 is 24.0 Å². The average molecular weight is 413 g/mol. The average Bonchev–Trinajstić information content (AvgIpc) is 2.65. The van der Waals surface area contributed by atoms with Crippen molar-refractivity contribution in [3.8, 4) is 0 Å². The first-order valence-corrected chi connectivity index (χ1v) is 11.4. The summed E-state index contributed by atoms with van der Waals surface area (Å²) in [6, 6.07) is 0. The first-order valence-electron chi connectivity index (χ1n) is 10.1. The summed E-state index contributed by atoms with van der Waals surface area (Å²) in [6.07, 6.45) is 4.08. The summed E-state index contributed by atoms with van der Waals surface area (Å²) in [5.41, 5.74) is 0.0458. The van der Waals surface area contributed by atoms with Crippen LogP contribution in [0.3, 0.4) is 0 Å². The number of rotatable bonds is 6. The van der Waals surface area contributed by atoms with Crippen molar-refractivity contribution in [2.75, 3.05) is 6.61 Å². The number of carbonyl (C=O) groups excluding carboxylic acids is 2. The third kappa shape index (κ3) is 5.56. The van der Waals surface area contributed by atoms with Crippen LogP contribution in [0.15, 0.2) is 0 Å². The Morgan fingerprint density at radius 2 is 1.96 bits per heavy atom. The SMILES string of the molecule is CCOC(=S)SC1CC(C)(C)C[C@]2(C)CC(=O)C(CC(C)(C)CC(C)=O)[C@H]12. The van der Waals surface area contributed by atoms with E-state index in [1.54, 1.807) is 18.7 Å². The van der Waals surface area contributed by atoms with E-state index in [1.807, 2.05) is 6.92 Å². The minimum absolute atomic E-state index is 0.00922. The number of thioether (sulfide) groups is 1. The fourth-order valence-corrected chi connectivity index (χ4v) is 8.15. The Morgan fingerprint density at radius 3 is 2.52 bits per heavy atom. The van der Waals surface area contributed by atoms with E-state index in [0.29, 0.717) is 40.8 Å². The molecular weight excluding hydrogens is 376 g/mol. The molecule has 4 atom stereocenters. The maximum Gasteiger partial charge on any atom is 0.220 e. The van der Waals surface area contributed by atoms with Crippen LogP contribution in [0.25, 0.3) is 0 Å². The zero-order valence-electron chi connectivity index (χ0n) is 18.0. The second-order valence-electron chi connectivity index (χ2n) is 10.6. The predicted molar refractivity (Wildman–Crippen MR) is 117 cm³/mol. The lowest BCUT2D eigenvalue weighted by Crippen LogP contribution is -2.45. The number of hydrogen-bond acceptors (Lipinski definition) is 5. The van der Waals surface area contributed by atoms with Gasteiger partial charge in [-0.15, -0.1) is 0 Å². The Hall–Kier alpha value is -0.420. The summed E-state index contributed by atoms with van der Waals surface area (Å²) in [6.45, 7) is 15.3. The molecule has 2 aliphatic carbocycles. The van der Waals surface area contributed by atoms with Gasteiger partial charge in [-0.25, -0.2) is 0 Å². The van der Waals surface area contributed by atoms with E-state index in [4.69, 9.17) is 17.0 Å². The second-order valence-corrected chi connectivity index (χ2v) is 12.4. The maximum absolute atomic E-state index is 13.1. The predicted octanol–water partition coefficient (Wildman–Crippen LogP) is 5.84. The Bertz CT molecular complexity index is 611. The zero-order chi connectivity index (χ0) is 20.6. The molecule has 0 aliphatic heterocycles. The molecule has 0 aromatic heterocycles. The monoisotopic (exact) mass is 412 g/mol. The van der Waals surface area contributed by atoms with Gasteiger partial charge in [-0.2, -0.15) is 0 Å². The summed E-state index contributed by atoms with van der Waals surface area (Å²) >= 11 is 7.11. The molecule has 0 saturated heterocycles. The van der Waals surface area contributed by atoms with Crippen molar-refractivity contribution >= 4 is 39.9 Å². The highest BCUT2D eigenvalue weighted by molar-refractivity contribution is 8.23. The molecule has 0 heterocycles. The molecule has 0 bridgehead atoms. The quantitative estimate of drug-likeness (QED) is 0.513. The van der Waals surface area contributed by atoms with E-state index in [-0.39, 0.29) is 27.9 Å². The number of carbonyl (C=O) groups is 2. The van der Waals surface area contributed by atoms with Gasteiger partial charge in [0, 0.05) is 24.0 Å². The highest BCUT2D eigenvalue weighted by Gasteiger charge is 2.59. The normalized spacial score (nSPS) is 32.9. The lowest BCUT2D eigenvalue weighted by atomic mass is 9.58. The summed E-state index contributed by atoms with van der Waals surface area (Å²) in [7, 11) is 0. The van der Waals surface area contributed by atoms with Crippen LogP contribution in [0.5, 0.6) is 0 Å². The Kier molecular flexibility index (Phi) is 6.89. The maximum atomic E-state index is 13.1. The van der Waals surface area contributed by atoms with E-state index in [9.17, 15) is 9.59 Å². The minimum atomic E-state index is -0.153. The third-order valence-corrected chi connectivity index (χ3v) is 7.76. The van der Waals surface area contributed by atoms with E-state index >= 15 is 0 Å². The molecule has 0 amide bonds. The molecule has 0 N–H and O–H groups in total. The number of ether oxygens (including phenoxy) is 1. The van der Waals surface area contributed by atoms with Gasteiger partial charge >= 0.3 is 0 Å². The van der Waals surface area contributed by atoms with Crippen molar-refractivity contribution in [3.63, 3.8) is 0 Å². The molecule has 0 spiro atoms. The van der Waals surface area contributed by atoms with Gasteiger partial charge < -0.3 is 9.53 Å². The van der Waals surface area contributed by atoms with Crippen molar-refractivity contribution in [1.29, 1.82) is 0 Å². The smallest absolute Gasteiger partial charge is 0.220 e. The van der Waals surface area contributed by atoms with Gasteiger partial charge in [0.2, 0.25) is 4.38 Å². The van der Waals surface area contributed by atoms with Gasteiger partial charge in [-0.05, 0) is 67.5 Å². The van der Waals surface area contributed by atoms with Crippen LogP contribution in [0.2, 0.25) is 0 Å².